The van der Waals surface area contributed by atoms with Gasteiger partial charge in [0.2, 0.25) is 0 Å². The van der Waals surface area contributed by atoms with Crippen LogP contribution in [-0.2, 0) is 6.42 Å². The Morgan fingerprint density at radius 3 is 3.21 bits per heavy atom. The van der Waals surface area contributed by atoms with Crippen molar-refractivity contribution in [2.75, 3.05) is 13.6 Å². The van der Waals surface area contributed by atoms with E-state index < -0.39 is 0 Å². The van der Waals surface area contributed by atoms with Crippen LogP contribution in [0.5, 0.6) is 0 Å². The van der Waals surface area contributed by atoms with Gasteiger partial charge < -0.3 is 9.47 Å². The Morgan fingerprint density at radius 1 is 1.36 bits per heavy atom. The second-order valence-corrected chi connectivity index (χ2v) is 4.45. The van der Waals surface area contributed by atoms with E-state index in [2.05, 4.69) is 26.7 Å². The van der Waals surface area contributed by atoms with Crippen LogP contribution >= 0.6 is 0 Å². The average molecular weight is 192 g/mol. The molecule has 1 saturated heterocycles. The summed E-state index contributed by atoms with van der Waals surface area (Å²) < 4.78 is 2.30. The highest BCUT2D eigenvalue weighted by atomic mass is 15.3. The zero-order valence-electron chi connectivity index (χ0n) is 8.56. The summed E-state index contributed by atoms with van der Waals surface area (Å²) >= 11 is 0. The van der Waals surface area contributed by atoms with E-state index in [0.717, 1.165) is 6.42 Å². The Labute approximate surface area is 83.9 Å². The van der Waals surface area contributed by atoms with Crippen molar-refractivity contribution in [3.63, 3.8) is 0 Å². The Kier molecular flexibility index (Phi) is 1.83. The summed E-state index contributed by atoms with van der Waals surface area (Å²) in [7, 11) is 2.24. The quantitative estimate of drug-likeness (QED) is 0.611. The molecule has 1 aromatic rings. The number of fused-ring (bicyclic) bond motifs is 3. The van der Waals surface area contributed by atoms with Crippen LogP contribution < -0.4 is 0 Å². The molecule has 4 heteroatoms. The van der Waals surface area contributed by atoms with Crippen LogP contribution in [0.2, 0.25) is 0 Å². The van der Waals surface area contributed by atoms with Gasteiger partial charge in [-0.15, -0.1) is 10.2 Å². The van der Waals surface area contributed by atoms with Crippen LogP contribution in [-0.4, -0.2) is 39.3 Å². The van der Waals surface area contributed by atoms with E-state index in [1.54, 1.807) is 0 Å². The normalized spacial score (nSPS) is 32.4. The highest BCUT2D eigenvalue weighted by Crippen LogP contribution is 2.33. The molecular formula is C10H16N4. The lowest BCUT2D eigenvalue weighted by atomic mass is 9.90. The Balaban J connectivity index is 1.96. The SMILES string of the molecule is CN1CCCC2C1CCc1nncn12. The molecule has 14 heavy (non-hydrogen) atoms. The summed E-state index contributed by atoms with van der Waals surface area (Å²) in [5, 5.41) is 8.18. The molecule has 3 heterocycles. The third kappa shape index (κ3) is 1.10. The van der Waals surface area contributed by atoms with Gasteiger partial charge in [-0.1, -0.05) is 0 Å². The lowest BCUT2D eigenvalue weighted by molar-refractivity contribution is 0.102. The van der Waals surface area contributed by atoms with Crippen molar-refractivity contribution in [1.29, 1.82) is 0 Å². The Hall–Kier alpha value is -0.900. The molecule has 2 aliphatic heterocycles. The summed E-state index contributed by atoms with van der Waals surface area (Å²) in [6.45, 7) is 1.25. The van der Waals surface area contributed by atoms with Gasteiger partial charge in [0.15, 0.2) is 0 Å². The monoisotopic (exact) mass is 192 g/mol. The van der Waals surface area contributed by atoms with Gasteiger partial charge in [-0.05, 0) is 32.9 Å². The van der Waals surface area contributed by atoms with E-state index in [1.807, 2.05) is 6.33 Å². The van der Waals surface area contributed by atoms with Crippen molar-refractivity contribution in [2.24, 2.45) is 0 Å². The van der Waals surface area contributed by atoms with Gasteiger partial charge in [0.25, 0.3) is 0 Å². The molecule has 76 valence electrons. The zero-order chi connectivity index (χ0) is 9.54. The van der Waals surface area contributed by atoms with Gasteiger partial charge in [-0.25, -0.2) is 0 Å². The number of aryl methyl sites for hydroxylation is 1. The van der Waals surface area contributed by atoms with Gasteiger partial charge in [0.05, 0.1) is 6.04 Å². The molecule has 0 aromatic carbocycles. The number of hydrogen-bond acceptors (Lipinski definition) is 3. The molecule has 1 aromatic heterocycles. The summed E-state index contributed by atoms with van der Waals surface area (Å²) in [4.78, 5) is 2.50. The van der Waals surface area contributed by atoms with E-state index in [9.17, 15) is 0 Å². The molecule has 0 radical (unpaired) electrons. The summed E-state index contributed by atoms with van der Waals surface area (Å²) in [5.41, 5.74) is 0. The van der Waals surface area contributed by atoms with Crippen molar-refractivity contribution < 1.29 is 0 Å². The van der Waals surface area contributed by atoms with Gasteiger partial charge in [-0.2, -0.15) is 0 Å². The largest absolute Gasteiger partial charge is 0.313 e. The molecule has 2 atom stereocenters. The first-order chi connectivity index (χ1) is 6.86. The van der Waals surface area contributed by atoms with Gasteiger partial charge in [-0.3, -0.25) is 0 Å². The summed E-state index contributed by atoms with van der Waals surface area (Å²) in [6.07, 6.45) is 6.84. The highest BCUT2D eigenvalue weighted by Gasteiger charge is 2.34. The van der Waals surface area contributed by atoms with E-state index >= 15 is 0 Å². The minimum absolute atomic E-state index is 0.632. The predicted molar refractivity (Wildman–Crippen MR) is 53.0 cm³/mol. The fourth-order valence-corrected chi connectivity index (χ4v) is 2.94. The first-order valence-corrected chi connectivity index (χ1v) is 5.45. The minimum Gasteiger partial charge on any atom is -0.313 e. The van der Waals surface area contributed by atoms with Crippen molar-refractivity contribution in [2.45, 2.75) is 37.8 Å². The zero-order valence-corrected chi connectivity index (χ0v) is 8.56. The number of rotatable bonds is 0. The van der Waals surface area contributed by atoms with Crippen LogP contribution in [0.25, 0.3) is 0 Å². The molecule has 0 amide bonds. The molecule has 0 bridgehead atoms. The van der Waals surface area contributed by atoms with Crippen molar-refractivity contribution in [3.05, 3.63) is 12.2 Å². The second-order valence-electron chi connectivity index (χ2n) is 4.45. The van der Waals surface area contributed by atoms with E-state index in [4.69, 9.17) is 0 Å². The predicted octanol–water partition coefficient (Wildman–Crippen LogP) is 0.860. The smallest absolute Gasteiger partial charge is 0.133 e. The number of hydrogen-bond donors (Lipinski definition) is 0. The highest BCUT2D eigenvalue weighted by molar-refractivity contribution is 5.01. The van der Waals surface area contributed by atoms with Crippen LogP contribution in [0, 0.1) is 0 Å². The maximum atomic E-state index is 4.17. The number of aromatic nitrogens is 3. The molecule has 4 nitrogen and oxygen atoms in total. The molecule has 0 aliphatic carbocycles. The maximum Gasteiger partial charge on any atom is 0.133 e. The topological polar surface area (TPSA) is 34.0 Å². The van der Waals surface area contributed by atoms with E-state index in [-0.39, 0.29) is 0 Å². The third-order valence-electron chi connectivity index (χ3n) is 3.69. The summed E-state index contributed by atoms with van der Waals surface area (Å²) in [5.74, 6) is 1.18. The molecule has 0 saturated carbocycles. The molecule has 3 rings (SSSR count). The molecule has 2 aliphatic rings. The van der Waals surface area contributed by atoms with Crippen LogP contribution in [0.4, 0.5) is 0 Å². The first kappa shape index (κ1) is 8.41. The van der Waals surface area contributed by atoms with Gasteiger partial charge >= 0.3 is 0 Å². The minimum atomic E-state index is 0.632. The first-order valence-electron chi connectivity index (χ1n) is 5.45. The molecular weight excluding hydrogens is 176 g/mol. The number of likely N-dealkylation sites (N-methyl/N-ethyl adjacent to an activating group) is 1. The van der Waals surface area contributed by atoms with E-state index in [1.165, 1.54) is 31.6 Å². The maximum absolute atomic E-state index is 4.17. The molecule has 0 spiro atoms. The standard InChI is InChI=1S/C10H16N4/c1-13-6-2-3-9-8(13)4-5-10-12-11-7-14(9)10/h7-9H,2-6H2,1H3. The summed E-state index contributed by atoms with van der Waals surface area (Å²) in [6, 6.07) is 1.35. The Bertz CT molecular complexity index is 333. The Morgan fingerprint density at radius 2 is 2.29 bits per heavy atom. The van der Waals surface area contributed by atoms with Gasteiger partial charge in [0.1, 0.15) is 12.2 Å². The van der Waals surface area contributed by atoms with Gasteiger partial charge in [0, 0.05) is 12.5 Å². The fraction of sp³-hybridized carbons (Fsp3) is 0.800. The number of likely N-dealkylation sites (tertiary alicyclic amines) is 1. The number of nitrogens with zero attached hydrogens (tertiary/aromatic N) is 4. The molecule has 0 N–H and O–H groups in total. The van der Waals surface area contributed by atoms with Crippen molar-refractivity contribution >= 4 is 0 Å². The average Bonchev–Trinajstić information content (AvgIpc) is 2.66. The van der Waals surface area contributed by atoms with Crippen LogP contribution in [0.3, 0.4) is 0 Å². The van der Waals surface area contributed by atoms with Crippen molar-refractivity contribution in [3.8, 4) is 0 Å². The van der Waals surface area contributed by atoms with Crippen LogP contribution in [0.15, 0.2) is 6.33 Å². The lowest BCUT2D eigenvalue weighted by Crippen LogP contribution is -2.46. The van der Waals surface area contributed by atoms with E-state index in [0.29, 0.717) is 12.1 Å². The fourth-order valence-electron chi connectivity index (χ4n) is 2.94. The number of piperidine rings is 1. The van der Waals surface area contributed by atoms with Crippen molar-refractivity contribution in [1.82, 2.24) is 19.7 Å². The molecule has 1 fully saturated rings. The lowest BCUT2D eigenvalue weighted by Gasteiger charge is -2.42. The molecule has 2 unspecified atom stereocenters. The third-order valence-corrected chi connectivity index (χ3v) is 3.69. The second kappa shape index (κ2) is 3.05. The van der Waals surface area contributed by atoms with Crippen LogP contribution in [0.1, 0.15) is 31.1 Å².